The van der Waals surface area contributed by atoms with Crippen molar-refractivity contribution in [2.45, 2.75) is 33.5 Å². The minimum atomic E-state index is -0.697. The summed E-state index contributed by atoms with van der Waals surface area (Å²) in [5, 5.41) is 4.77. The van der Waals surface area contributed by atoms with Crippen LogP contribution in [0.15, 0.2) is 64.8 Å². The highest BCUT2D eigenvalue weighted by atomic mass is 32.1. The van der Waals surface area contributed by atoms with Crippen molar-refractivity contribution < 1.29 is 14.3 Å². The van der Waals surface area contributed by atoms with Gasteiger partial charge in [0.1, 0.15) is 18.1 Å². The van der Waals surface area contributed by atoms with E-state index in [4.69, 9.17) is 9.47 Å². The van der Waals surface area contributed by atoms with Gasteiger partial charge in [-0.15, -0.1) is 11.3 Å². The topological polar surface area (TPSA) is 81.9 Å². The fraction of sp³-hybridized carbons (Fsp3) is 0.208. The third-order valence-corrected chi connectivity index (χ3v) is 5.77. The van der Waals surface area contributed by atoms with Gasteiger partial charge in [-0.3, -0.25) is 14.0 Å². The smallest absolute Gasteiger partial charge is 0.265 e. The molecule has 0 bridgehead atoms. The molecule has 0 radical (unpaired) electrons. The number of hydrogen-bond donors (Lipinski definition) is 1. The van der Waals surface area contributed by atoms with Crippen LogP contribution < -0.4 is 20.3 Å². The molecule has 1 atom stereocenters. The van der Waals surface area contributed by atoms with E-state index in [-0.39, 0.29) is 18.1 Å². The van der Waals surface area contributed by atoms with E-state index in [9.17, 15) is 9.59 Å². The maximum absolute atomic E-state index is 12.7. The molecule has 0 aliphatic heterocycles. The van der Waals surface area contributed by atoms with Crippen molar-refractivity contribution in [1.82, 2.24) is 9.38 Å². The van der Waals surface area contributed by atoms with E-state index < -0.39 is 6.10 Å². The number of ether oxygens (including phenoxy) is 2. The zero-order valence-corrected chi connectivity index (χ0v) is 18.8. The Balaban J connectivity index is 1.48. The number of carbonyl (C=O) groups is 1. The summed E-state index contributed by atoms with van der Waals surface area (Å²) in [7, 11) is 0. The lowest BCUT2D eigenvalue weighted by Gasteiger charge is -2.17. The number of hydrogen-bond acceptors (Lipinski definition) is 6. The van der Waals surface area contributed by atoms with Gasteiger partial charge in [0.05, 0.1) is 11.4 Å². The largest absolute Gasteiger partial charge is 0.485 e. The van der Waals surface area contributed by atoms with Crippen molar-refractivity contribution in [3.63, 3.8) is 0 Å². The molecule has 8 heteroatoms. The van der Waals surface area contributed by atoms with Crippen molar-refractivity contribution in [3.05, 3.63) is 87.3 Å². The molecule has 164 valence electrons. The van der Waals surface area contributed by atoms with Crippen LogP contribution in [0.25, 0.3) is 4.96 Å². The van der Waals surface area contributed by atoms with Crippen LogP contribution in [0.4, 0.5) is 5.69 Å². The number of carbonyl (C=O) groups excluding carboxylic acids is 1. The maximum atomic E-state index is 12.7. The summed E-state index contributed by atoms with van der Waals surface area (Å²) in [5.74, 6) is 0.809. The first-order valence-electron chi connectivity index (χ1n) is 10.1. The summed E-state index contributed by atoms with van der Waals surface area (Å²) in [5.41, 5.74) is 2.73. The molecule has 2 aromatic heterocycles. The van der Waals surface area contributed by atoms with Gasteiger partial charge < -0.3 is 14.8 Å². The molecule has 0 spiro atoms. The number of fused-ring (bicyclic) bond motifs is 1. The van der Waals surface area contributed by atoms with Crippen LogP contribution in [-0.2, 0) is 11.4 Å². The number of para-hydroxylation sites is 1. The molecule has 2 heterocycles. The average molecular weight is 450 g/mol. The molecule has 32 heavy (non-hydrogen) atoms. The average Bonchev–Trinajstić information content (AvgIpc) is 3.15. The number of amides is 1. The lowest BCUT2D eigenvalue weighted by Crippen LogP contribution is -2.30. The number of anilines is 1. The minimum absolute atomic E-state index is 0.102. The molecular weight excluding hydrogens is 426 g/mol. The molecule has 0 aliphatic rings. The van der Waals surface area contributed by atoms with Crippen molar-refractivity contribution in [3.8, 4) is 11.5 Å². The maximum Gasteiger partial charge on any atom is 0.265 e. The lowest BCUT2D eigenvalue weighted by molar-refractivity contribution is -0.122. The SMILES string of the molecule is Cc1ccc(OCc2cc(=O)n3c(C)csc3n2)c(NC(=O)[C@@H](C)Oc2ccccc2)c1. The van der Waals surface area contributed by atoms with Crippen LogP contribution >= 0.6 is 11.3 Å². The molecule has 0 aliphatic carbocycles. The highest BCUT2D eigenvalue weighted by Gasteiger charge is 2.17. The molecule has 0 unspecified atom stereocenters. The van der Waals surface area contributed by atoms with Crippen LogP contribution in [0, 0.1) is 13.8 Å². The van der Waals surface area contributed by atoms with Gasteiger partial charge in [-0.05, 0) is 50.6 Å². The van der Waals surface area contributed by atoms with Gasteiger partial charge in [-0.2, -0.15) is 0 Å². The van der Waals surface area contributed by atoms with Gasteiger partial charge in [0, 0.05) is 17.1 Å². The van der Waals surface area contributed by atoms with Gasteiger partial charge in [0.2, 0.25) is 0 Å². The predicted molar refractivity (Wildman–Crippen MR) is 125 cm³/mol. The first-order chi connectivity index (χ1) is 15.4. The Kier molecular flexibility index (Phi) is 6.23. The van der Waals surface area contributed by atoms with Gasteiger partial charge in [0.25, 0.3) is 11.5 Å². The Labute approximate surface area is 189 Å². The van der Waals surface area contributed by atoms with E-state index in [0.717, 1.165) is 11.3 Å². The third-order valence-electron chi connectivity index (χ3n) is 4.82. The number of aromatic nitrogens is 2. The number of nitrogens with zero attached hydrogens (tertiary/aromatic N) is 2. The molecule has 4 aromatic rings. The van der Waals surface area contributed by atoms with E-state index >= 15 is 0 Å². The molecule has 0 saturated carbocycles. The van der Waals surface area contributed by atoms with Gasteiger partial charge in [-0.1, -0.05) is 24.3 Å². The Hall–Kier alpha value is -3.65. The van der Waals surface area contributed by atoms with Crippen LogP contribution in [0.1, 0.15) is 23.9 Å². The van der Waals surface area contributed by atoms with E-state index in [0.29, 0.717) is 27.8 Å². The zero-order valence-electron chi connectivity index (χ0n) is 18.0. The summed E-state index contributed by atoms with van der Waals surface area (Å²) in [6.07, 6.45) is -0.697. The third kappa shape index (κ3) is 4.81. The van der Waals surface area contributed by atoms with E-state index in [1.165, 1.54) is 17.4 Å². The van der Waals surface area contributed by atoms with Crippen molar-refractivity contribution in [2.75, 3.05) is 5.32 Å². The summed E-state index contributed by atoms with van der Waals surface area (Å²) in [6.45, 7) is 5.59. The Morgan fingerprint density at radius 2 is 1.94 bits per heavy atom. The second-order valence-electron chi connectivity index (χ2n) is 7.43. The number of rotatable bonds is 7. The monoisotopic (exact) mass is 449 g/mol. The van der Waals surface area contributed by atoms with E-state index in [1.807, 2.05) is 49.6 Å². The Morgan fingerprint density at radius 1 is 1.16 bits per heavy atom. The van der Waals surface area contributed by atoms with Crippen molar-refractivity contribution in [1.29, 1.82) is 0 Å². The molecule has 2 aromatic carbocycles. The summed E-state index contributed by atoms with van der Waals surface area (Å²) < 4.78 is 13.2. The predicted octanol–water partition coefficient (Wildman–Crippen LogP) is 4.36. The standard InChI is InChI=1S/C24H23N3O4S/c1-15-9-10-21(30-13-18-12-22(28)27-16(2)14-32-24(27)25-18)20(11-15)26-23(29)17(3)31-19-7-5-4-6-8-19/h4-12,14,17H,13H2,1-3H3,(H,26,29)/t17-/m1/s1. The minimum Gasteiger partial charge on any atom is -0.485 e. The summed E-state index contributed by atoms with van der Waals surface area (Å²) in [4.78, 5) is 30.2. The van der Waals surface area contributed by atoms with E-state index in [2.05, 4.69) is 10.3 Å². The number of nitrogens with one attached hydrogen (secondary N) is 1. The molecule has 1 N–H and O–H groups in total. The second-order valence-corrected chi connectivity index (χ2v) is 8.27. The molecule has 0 saturated heterocycles. The van der Waals surface area contributed by atoms with Gasteiger partial charge in [-0.25, -0.2) is 4.98 Å². The molecule has 0 fully saturated rings. The Morgan fingerprint density at radius 3 is 2.72 bits per heavy atom. The van der Waals surface area contributed by atoms with Crippen LogP contribution in [0.3, 0.4) is 0 Å². The van der Waals surface area contributed by atoms with Crippen LogP contribution in [0.5, 0.6) is 11.5 Å². The fourth-order valence-corrected chi connectivity index (χ4v) is 4.08. The van der Waals surface area contributed by atoms with Crippen LogP contribution in [0.2, 0.25) is 0 Å². The number of benzene rings is 2. The molecule has 7 nitrogen and oxygen atoms in total. The highest BCUT2D eigenvalue weighted by molar-refractivity contribution is 7.15. The quantitative estimate of drug-likeness (QED) is 0.453. The molecule has 4 rings (SSSR count). The lowest BCUT2D eigenvalue weighted by atomic mass is 10.2. The van der Waals surface area contributed by atoms with Gasteiger partial charge >= 0.3 is 0 Å². The fourth-order valence-electron chi connectivity index (χ4n) is 3.18. The normalized spacial score (nSPS) is 11.8. The first-order valence-corrected chi connectivity index (χ1v) is 11.0. The van der Waals surface area contributed by atoms with Crippen molar-refractivity contribution in [2.24, 2.45) is 0 Å². The second kappa shape index (κ2) is 9.23. The highest BCUT2D eigenvalue weighted by Crippen LogP contribution is 2.27. The van der Waals surface area contributed by atoms with E-state index in [1.54, 1.807) is 29.5 Å². The molecular formula is C24H23N3O4S. The van der Waals surface area contributed by atoms with Crippen molar-refractivity contribution >= 4 is 27.9 Å². The molecule has 1 amide bonds. The number of thiazole rings is 1. The first kappa shape index (κ1) is 21.6. The number of aryl methyl sites for hydroxylation is 2. The zero-order chi connectivity index (χ0) is 22.7. The summed E-state index contributed by atoms with van der Waals surface area (Å²) in [6, 6.07) is 16.2. The summed E-state index contributed by atoms with van der Waals surface area (Å²) >= 11 is 1.41. The Bertz CT molecular complexity index is 1310. The van der Waals surface area contributed by atoms with Gasteiger partial charge in [0.15, 0.2) is 11.1 Å². The van der Waals surface area contributed by atoms with Crippen LogP contribution in [-0.4, -0.2) is 21.4 Å².